The molecule has 0 saturated heterocycles. The highest BCUT2D eigenvalue weighted by molar-refractivity contribution is 6.30. The molecule has 1 aromatic heterocycles. The smallest absolute Gasteiger partial charge is 0.193 e. The molecule has 0 aliphatic carbocycles. The fourth-order valence-electron chi connectivity index (χ4n) is 2.77. The zero-order valence-electron chi connectivity index (χ0n) is 16.2. The number of hydrogen-bond acceptors (Lipinski definition) is 3. The van der Waals surface area contributed by atoms with Crippen LogP contribution in [-0.2, 0) is 13.6 Å². The Morgan fingerprint density at radius 3 is 2.85 bits per heavy atom. The standard InChI is InChI=1S/C19H28ClN5O/c1-14(2)18-15(13-25(5)23-18)12-24(4)19(21-3)22-9-10-26-17-8-6-7-16(20)11-17/h6-8,11,13-14H,9-10,12H2,1-5H3,(H,21,22). The molecule has 0 aliphatic heterocycles. The van der Waals surface area contributed by atoms with Crippen LogP contribution in [0, 0.1) is 0 Å². The van der Waals surface area contributed by atoms with E-state index in [2.05, 4.69) is 40.4 Å². The first-order valence-electron chi connectivity index (χ1n) is 8.73. The van der Waals surface area contributed by atoms with Gasteiger partial charge in [-0.05, 0) is 24.1 Å². The van der Waals surface area contributed by atoms with Crippen molar-refractivity contribution in [3.63, 3.8) is 0 Å². The van der Waals surface area contributed by atoms with E-state index in [-0.39, 0.29) is 0 Å². The molecular weight excluding hydrogens is 350 g/mol. The van der Waals surface area contributed by atoms with Crippen LogP contribution in [0.3, 0.4) is 0 Å². The number of ether oxygens (including phenoxy) is 1. The van der Waals surface area contributed by atoms with E-state index in [9.17, 15) is 0 Å². The van der Waals surface area contributed by atoms with Gasteiger partial charge in [-0.3, -0.25) is 9.67 Å². The second-order valence-electron chi connectivity index (χ2n) is 6.50. The molecule has 0 fully saturated rings. The Morgan fingerprint density at radius 2 is 2.19 bits per heavy atom. The van der Waals surface area contributed by atoms with Crippen molar-refractivity contribution >= 4 is 17.6 Å². The van der Waals surface area contributed by atoms with Gasteiger partial charge in [0.25, 0.3) is 0 Å². The normalized spacial score (nSPS) is 11.7. The minimum absolute atomic E-state index is 0.390. The van der Waals surface area contributed by atoms with Gasteiger partial charge in [0.05, 0.1) is 12.2 Å². The van der Waals surface area contributed by atoms with E-state index in [0.29, 0.717) is 24.1 Å². The number of nitrogens with zero attached hydrogens (tertiary/aromatic N) is 4. The summed E-state index contributed by atoms with van der Waals surface area (Å²) in [6.45, 7) is 6.24. The minimum Gasteiger partial charge on any atom is -0.492 e. The lowest BCUT2D eigenvalue weighted by Crippen LogP contribution is -2.40. The minimum atomic E-state index is 0.390. The van der Waals surface area contributed by atoms with E-state index >= 15 is 0 Å². The number of aryl methyl sites for hydroxylation is 1. The topological polar surface area (TPSA) is 54.7 Å². The number of guanidine groups is 1. The third kappa shape index (κ3) is 5.66. The monoisotopic (exact) mass is 377 g/mol. The molecule has 0 unspecified atom stereocenters. The van der Waals surface area contributed by atoms with Gasteiger partial charge in [0.1, 0.15) is 12.4 Å². The summed E-state index contributed by atoms with van der Waals surface area (Å²) in [6.07, 6.45) is 2.07. The van der Waals surface area contributed by atoms with Crippen LogP contribution in [0.4, 0.5) is 0 Å². The zero-order valence-corrected chi connectivity index (χ0v) is 16.9. The molecule has 0 bridgehead atoms. The number of nitrogens with one attached hydrogen (secondary N) is 1. The average molecular weight is 378 g/mol. The van der Waals surface area contributed by atoms with Gasteiger partial charge in [-0.2, -0.15) is 5.10 Å². The molecule has 142 valence electrons. The maximum Gasteiger partial charge on any atom is 0.193 e. The Morgan fingerprint density at radius 1 is 1.42 bits per heavy atom. The van der Waals surface area contributed by atoms with E-state index in [0.717, 1.165) is 23.9 Å². The fourth-order valence-corrected chi connectivity index (χ4v) is 2.95. The predicted octanol–water partition coefficient (Wildman–Crippen LogP) is 3.28. The second-order valence-corrected chi connectivity index (χ2v) is 6.94. The van der Waals surface area contributed by atoms with Gasteiger partial charge < -0.3 is 15.0 Å². The van der Waals surface area contributed by atoms with Crippen molar-refractivity contribution < 1.29 is 4.74 Å². The summed E-state index contributed by atoms with van der Waals surface area (Å²) < 4.78 is 7.57. The van der Waals surface area contributed by atoms with Crippen LogP contribution in [0.15, 0.2) is 35.5 Å². The molecule has 6 nitrogen and oxygen atoms in total. The molecule has 26 heavy (non-hydrogen) atoms. The first-order valence-corrected chi connectivity index (χ1v) is 9.11. The Hall–Kier alpha value is -2.21. The van der Waals surface area contributed by atoms with Crippen LogP contribution in [0.5, 0.6) is 5.75 Å². The van der Waals surface area contributed by atoms with Gasteiger partial charge in [0.15, 0.2) is 5.96 Å². The van der Waals surface area contributed by atoms with Crippen molar-refractivity contribution in [1.29, 1.82) is 0 Å². The van der Waals surface area contributed by atoms with E-state index in [1.165, 1.54) is 5.56 Å². The number of benzene rings is 1. The quantitative estimate of drug-likeness (QED) is 0.457. The number of hydrogen-bond donors (Lipinski definition) is 1. The summed E-state index contributed by atoms with van der Waals surface area (Å²) in [5.74, 6) is 1.97. The third-order valence-corrected chi connectivity index (χ3v) is 4.15. The summed E-state index contributed by atoms with van der Waals surface area (Å²) in [6, 6.07) is 7.40. The highest BCUT2D eigenvalue weighted by Crippen LogP contribution is 2.19. The maximum absolute atomic E-state index is 5.96. The van der Waals surface area contributed by atoms with E-state index in [1.807, 2.05) is 37.0 Å². The first-order chi connectivity index (χ1) is 12.4. The summed E-state index contributed by atoms with van der Waals surface area (Å²) in [7, 11) is 5.75. The van der Waals surface area contributed by atoms with Crippen molar-refractivity contribution in [3.05, 3.63) is 46.7 Å². The fraction of sp³-hybridized carbons (Fsp3) is 0.474. The van der Waals surface area contributed by atoms with Crippen LogP contribution >= 0.6 is 11.6 Å². The van der Waals surface area contributed by atoms with E-state index in [1.54, 1.807) is 13.1 Å². The summed E-state index contributed by atoms with van der Waals surface area (Å²) >= 11 is 5.96. The van der Waals surface area contributed by atoms with Gasteiger partial charge in [-0.25, -0.2) is 0 Å². The van der Waals surface area contributed by atoms with Gasteiger partial charge in [0, 0.05) is 44.5 Å². The number of aliphatic imine (C=N–C) groups is 1. The van der Waals surface area contributed by atoms with Gasteiger partial charge in [-0.1, -0.05) is 31.5 Å². The van der Waals surface area contributed by atoms with Crippen molar-refractivity contribution in [3.8, 4) is 5.75 Å². The van der Waals surface area contributed by atoms with Crippen LogP contribution in [0.25, 0.3) is 0 Å². The van der Waals surface area contributed by atoms with E-state index < -0.39 is 0 Å². The molecule has 1 heterocycles. The highest BCUT2D eigenvalue weighted by atomic mass is 35.5. The SMILES string of the molecule is CN=C(NCCOc1cccc(Cl)c1)N(C)Cc1cn(C)nc1C(C)C. The molecule has 1 aromatic carbocycles. The molecule has 0 saturated carbocycles. The van der Waals surface area contributed by atoms with Gasteiger partial charge >= 0.3 is 0 Å². The Balaban J connectivity index is 1.86. The molecular formula is C19H28ClN5O. The summed E-state index contributed by atoms with van der Waals surface area (Å²) in [5, 5.41) is 8.55. The zero-order chi connectivity index (χ0) is 19.1. The van der Waals surface area contributed by atoms with Gasteiger partial charge in [-0.15, -0.1) is 0 Å². The summed E-state index contributed by atoms with van der Waals surface area (Å²) in [4.78, 5) is 6.44. The average Bonchev–Trinajstić information content (AvgIpc) is 2.95. The van der Waals surface area contributed by atoms with Gasteiger partial charge in [0.2, 0.25) is 0 Å². The molecule has 7 heteroatoms. The van der Waals surface area contributed by atoms with Crippen LogP contribution in [-0.4, -0.2) is 47.9 Å². The van der Waals surface area contributed by atoms with Crippen molar-refractivity contribution in [2.45, 2.75) is 26.3 Å². The number of rotatable bonds is 7. The number of halogens is 1. The second kappa shape index (κ2) is 9.48. The van der Waals surface area contributed by atoms with Crippen LogP contribution < -0.4 is 10.1 Å². The van der Waals surface area contributed by atoms with Crippen molar-refractivity contribution in [2.24, 2.45) is 12.0 Å². The molecule has 2 aromatic rings. The Kier molecular flexibility index (Phi) is 7.33. The first kappa shape index (κ1) is 20.1. The van der Waals surface area contributed by atoms with E-state index in [4.69, 9.17) is 16.3 Å². The largest absolute Gasteiger partial charge is 0.492 e. The summed E-state index contributed by atoms with van der Waals surface area (Å²) in [5.41, 5.74) is 2.34. The molecule has 0 amide bonds. The Labute approximate surface area is 160 Å². The Bertz CT molecular complexity index is 741. The van der Waals surface area contributed by atoms with Crippen molar-refractivity contribution in [2.75, 3.05) is 27.2 Å². The molecule has 0 spiro atoms. The molecule has 1 N–H and O–H groups in total. The van der Waals surface area contributed by atoms with Crippen molar-refractivity contribution in [1.82, 2.24) is 20.0 Å². The molecule has 0 atom stereocenters. The number of aromatic nitrogens is 2. The highest BCUT2D eigenvalue weighted by Gasteiger charge is 2.14. The lowest BCUT2D eigenvalue weighted by Gasteiger charge is -2.22. The maximum atomic E-state index is 5.96. The molecule has 0 radical (unpaired) electrons. The lowest BCUT2D eigenvalue weighted by molar-refractivity contribution is 0.319. The molecule has 2 rings (SSSR count). The van der Waals surface area contributed by atoms with Crippen LogP contribution in [0.2, 0.25) is 5.02 Å². The lowest BCUT2D eigenvalue weighted by atomic mass is 10.1. The van der Waals surface area contributed by atoms with Crippen LogP contribution in [0.1, 0.15) is 31.0 Å². The third-order valence-electron chi connectivity index (χ3n) is 3.91. The molecule has 0 aliphatic rings. The predicted molar refractivity (Wildman–Crippen MR) is 107 cm³/mol.